The van der Waals surface area contributed by atoms with Crippen LogP contribution in [-0.2, 0) is 6.42 Å². The van der Waals surface area contributed by atoms with Crippen molar-refractivity contribution in [1.29, 1.82) is 0 Å². The van der Waals surface area contributed by atoms with Crippen LogP contribution in [0.3, 0.4) is 0 Å². The van der Waals surface area contributed by atoms with Gasteiger partial charge in [0.05, 0.1) is 6.26 Å². The first-order chi connectivity index (χ1) is 6.66. The van der Waals surface area contributed by atoms with Gasteiger partial charge in [0.2, 0.25) is 0 Å². The SMILES string of the molecule is CC(N)Cc1coc2cc(Br)ccc12. The summed E-state index contributed by atoms with van der Waals surface area (Å²) in [7, 11) is 0. The van der Waals surface area contributed by atoms with Gasteiger partial charge in [0.1, 0.15) is 5.58 Å². The molecule has 0 fully saturated rings. The molecular formula is C11H12BrNO. The molecule has 0 amide bonds. The second-order valence-electron chi connectivity index (χ2n) is 3.58. The van der Waals surface area contributed by atoms with Crippen LogP contribution in [-0.4, -0.2) is 6.04 Å². The van der Waals surface area contributed by atoms with Gasteiger partial charge < -0.3 is 10.2 Å². The van der Waals surface area contributed by atoms with Crippen molar-refractivity contribution < 1.29 is 4.42 Å². The normalized spacial score (nSPS) is 13.4. The highest BCUT2D eigenvalue weighted by Gasteiger charge is 2.07. The number of benzene rings is 1. The lowest BCUT2D eigenvalue weighted by Crippen LogP contribution is -2.17. The van der Waals surface area contributed by atoms with E-state index in [1.807, 2.05) is 19.1 Å². The summed E-state index contributed by atoms with van der Waals surface area (Å²) in [5.41, 5.74) is 7.85. The molecule has 0 radical (unpaired) electrons. The fourth-order valence-corrected chi connectivity index (χ4v) is 1.90. The van der Waals surface area contributed by atoms with Gasteiger partial charge in [-0.1, -0.05) is 15.9 Å². The van der Waals surface area contributed by atoms with Crippen LogP contribution in [0.4, 0.5) is 0 Å². The van der Waals surface area contributed by atoms with Crippen LogP contribution >= 0.6 is 15.9 Å². The summed E-state index contributed by atoms with van der Waals surface area (Å²) in [5, 5.41) is 1.16. The first-order valence-electron chi connectivity index (χ1n) is 4.58. The molecule has 14 heavy (non-hydrogen) atoms. The number of nitrogens with two attached hydrogens (primary N) is 1. The molecular weight excluding hydrogens is 242 g/mol. The molecule has 0 aliphatic carbocycles. The number of fused-ring (bicyclic) bond motifs is 1. The molecule has 2 aromatic rings. The lowest BCUT2D eigenvalue weighted by Gasteiger charge is -2.01. The second kappa shape index (κ2) is 3.75. The molecule has 2 rings (SSSR count). The van der Waals surface area contributed by atoms with Crippen LogP contribution in [0.15, 0.2) is 33.4 Å². The number of rotatable bonds is 2. The van der Waals surface area contributed by atoms with Crippen molar-refractivity contribution >= 4 is 26.9 Å². The smallest absolute Gasteiger partial charge is 0.135 e. The Kier molecular flexibility index (Phi) is 2.61. The van der Waals surface area contributed by atoms with Gasteiger partial charge in [-0.3, -0.25) is 0 Å². The average molecular weight is 254 g/mol. The maximum absolute atomic E-state index is 5.75. The monoisotopic (exact) mass is 253 g/mol. The molecule has 1 heterocycles. The summed E-state index contributed by atoms with van der Waals surface area (Å²) >= 11 is 3.41. The lowest BCUT2D eigenvalue weighted by molar-refractivity contribution is 0.605. The topological polar surface area (TPSA) is 39.2 Å². The summed E-state index contributed by atoms with van der Waals surface area (Å²) in [6, 6.07) is 6.21. The Morgan fingerprint density at radius 1 is 1.50 bits per heavy atom. The molecule has 0 saturated carbocycles. The van der Waals surface area contributed by atoms with E-state index in [0.29, 0.717) is 0 Å². The van der Waals surface area contributed by atoms with Crippen LogP contribution < -0.4 is 5.73 Å². The molecule has 0 saturated heterocycles. The zero-order valence-electron chi connectivity index (χ0n) is 7.96. The predicted octanol–water partition coefficient (Wildman–Crippen LogP) is 3.09. The molecule has 0 aliphatic heterocycles. The van der Waals surface area contributed by atoms with Gasteiger partial charge in [-0.25, -0.2) is 0 Å². The fourth-order valence-electron chi connectivity index (χ4n) is 1.56. The van der Waals surface area contributed by atoms with E-state index in [9.17, 15) is 0 Å². The van der Waals surface area contributed by atoms with Crippen LogP contribution in [0.5, 0.6) is 0 Å². The average Bonchev–Trinajstić information content (AvgIpc) is 2.47. The van der Waals surface area contributed by atoms with E-state index in [2.05, 4.69) is 22.0 Å². The minimum Gasteiger partial charge on any atom is -0.464 e. The first kappa shape index (κ1) is 9.74. The zero-order valence-corrected chi connectivity index (χ0v) is 9.54. The van der Waals surface area contributed by atoms with Crippen molar-refractivity contribution in [2.45, 2.75) is 19.4 Å². The predicted molar refractivity (Wildman–Crippen MR) is 61.3 cm³/mol. The minimum absolute atomic E-state index is 0.166. The highest BCUT2D eigenvalue weighted by Crippen LogP contribution is 2.25. The zero-order chi connectivity index (χ0) is 10.1. The maximum Gasteiger partial charge on any atom is 0.135 e. The summed E-state index contributed by atoms with van der Waals surface area (Å²) in [5.74, 6) is 0. The number of furan rings is 1. The van der Waals surface area contributed by atoms with Crippen LogP contribution in [0.1, 0.15) is 12.5 Å². The lowest BCUT2D eigenvalue weighted by atomic mass is 10.1. The fraction of sp³-hybridized carbons (Fsp3) is 0.273. The minimum atomic E-state index is 0.166. The van der Waals surface area contributed by atoms with Gasteiger partial charge in [-0.2, -0.15) is 0 Å². The third kappa shape index (κ3) is 1.83. The second-order valence-corrected chi connectivity index (χ2v) is 4.50. The van der Waals surface area contributed by atoms with Crippen molar-refractivity contribution in [3.05, 3.63) is 34.5 Å². The third-order valence-corrected chi connectivity index (χ3v) is 2.65. The molecule has 0 spiro atoms. The van der Waals surface area contributed by atoms with E-state index in [-0.39, 0.29) is 6.04 Å². The van der Waals surface area contributed by atoms with E-state index < -0.39 is 0 Å². The Bertz CT molecular complexity index is 447. The molecule has 0 bridgehead atoms. The van der Waals surface area contributed by atoms with E-state index in [4.69, 9.17) is 10.2 Å². The highest BCUT2D eigenvalue weighted by molar-refractivity contribution is 9.10. The molecule has 1 aromatic heterocycles. The van der Waals surface area contributed by atoms with Crippen molar-refractivity contribution in [1.82, 2.24) is 0 Å². The van der Waals surface area contributed by atoms with Gasteiger partial charge in [-0.05, 0) is 37.1 Å². The third-order valence-electron chi connectivity index (χ3n) is 2.16. The summed E-state index contributed by atoms with van der Waals surface area (Å²) in [6.45, 7) is 2.00. The molecule has 2 N–H and O–H groups in total. The first-order valence-corrected chi connectivity index (χ1v) is 5.37. The van der Waals surface area contributed by atoms with Crippen LogP contribution in [0.2, 0.25) is 0 Å². The quantitative estimate of drug-likeness (QED) is 0.894. The Balaban J connectivity index is 2.47. The summed E-state index contributed by atoms with van der Waals surface area (Å²) < 4.78 is 6.48. The van der Waals surface area contributed by atoms with Gasteiger partial charge in [0, 0.05) is 15.9 Å². The van der Waals surface area contributed by atoms with Gasteiger partial charge in [0.25, 0.3) is 0 Å². The maximum atomic E-state index is 5.75. The van der Waals surface area contributed by atoms with E-state index in [1.165, 1.54) is 5.56 Å². The van der Waals surface area contributed by atoms with Crippen LogP contribution in [0, 0.1) is 0 Å². The van der Waals surface area contributed by atoms with E-state index in [1.54, 1.807) is 6.26 Å². The number of hydrogen-bond acceptors (Lipinski definition) is 2. The van der Waals surface area contributed by atoms with E-state index >= 15 is 0 Å². The highest BCUT2D eigenvalue weighted by atomic mass is 79.9. The summed E-state index contributed by atoms with van der Waals surface area (Å²) in [6.07, 6.45) is 2.65. The molecule has 1 atom stereocenters. The van der Waals surface area contributed by atoms with Crippen molar-refractivity contribution in [2.24, 2.45) is 5.73 Å². The van der Waals surface area contributed by atoms with Crippen molar-refractivity contribution in [2.75, 3.05) is 0 Å². The molecule has 2 nitrogen and oxygen atoms in total. The van der Waals surface area contributed by atoms with Gasteiger partial charge in [-0.15, -0.1) is 0 Å². The van der Waals surface area contributed by atoms with Gasteiger partial charge >= 0.3 is 0 Å². The largest absolute Gasteiger partial charge is 0.464 e. The van der Waals surface area contributed by atoms with Gasteiger partial charge in [0.15, 0.2) is 0 Å². The molecule has 1 unspecified atom stereocenters. The standard InChI is InChI=1S/C11H12BrNO/c1-7(13)4-8-6-14-11-5-9(12)2-3-10(8)11/h2-3,5-7H,4,13H2,1H3. The Labute approximate surface area is 91.2 Å². The van der Waals surface area contributed by atoms with Crippen molar-refractivity contribution in [3.63, 3.8) is 0 Å². The number of halogens is 1. The summed E-state index contributed by atoms with van der Waals surface area (Å²) in [4.78, 5) is 0. The Morgan fingerprint density at radius 2 is 2.29 bits per heavy atom. The Hall–Kier alpha value is -0.800. The molecule has 74 valence electrons. The molecule has 0 aliphatic rings. The van der Waals surface area contributed by atoms with Crippen molar-refractivity contribution in [3.8, 4) is 0 Å². The Morgan fingerprint density at radius 3 is 3.00 bits per heavy atom. The molecule has 1 aromatic carbocycles. The van der Waals surface area contributed by atoms with E-state index in [0.717, 1.165) is 21.9 Å². The number of hydrogen-bond donors (Lipinski definition) is 1. The molecule has 3 heteroatoms. The van der Waals surface area contributed by atoms with Crippen LogP contribution in [0.25, 0.3) is 11.0 Å².